The minimum Gasteiger partial charge on any atom is -0.392 e. The van der Waals surface area contributed by atoms with Gasteiger partial charge in [0, 0.05) is 25.4 Å². The Morgan fingerprint density at radius 1 is 1.54 bits per heavy atom. The zero-order valence-electron chi connectivity index (χ0n) is 7.94. The molecule has 0 radical (unpaired) electrons. The van der Waals surface area contributed by atoms with Crippen LogP contribution in [0.3, 0.4) is 0 Å². The first kappa shape index (κ1) is 10.9. The van der Waals surface area contributed by atoms with Crippen molar-refractivity contribution in [3.63, 3.8) is 0 Å². The fourth-order valence-corrected chi connectivity index (χ4v) is 2.25. The molecular weight excluding hydrogens is 190 g/mol. The average Bonchev–Trinajstić information content (AvgIpc) is 2.48. The van der Waals surface area contributed by atoms with Crippen molar-refractivity contribution in [2.45, 2.75) is 19.4 Å². The van der Waals surface area contributed by atoms with Gasteiger partial charge in [-0.05, 0) is 6.42 Å². The maximum Gasteiger partial charge on any atom is 0.151 e. The molecule has 5 heteroatoms. The lowest BCUT2D eigenvalue weighted by molar-refractivity contribution is 0.178. The highest BCUT2D eigenvalue weighted by Gasteiger charge is 2.21. The monoisotopic (exact) mass is 207 g/mol. The normalized spacial score (nSPS) is 25.2. The van der Waals surface area contributed by atoms with Crippen molar-refractivity contribution in [1.82, 2.24) is 4.90 Å². The van der Waals surface area contributed by atoms with Gasteiger partial charge in [-0.2, -0.15) is 0 Å². The van der Waals surface area contributed by atoms with E-state index in [1.165, 1.54) is 0 Å². The zero-order chi connectivity index (χ0) is 9.90. The summed E-state index contributed by atoms with van der Waals surface area (Å²) in [7, 11) is -2.85. The van der Waals surface area contributed by atoms with Crippen LogP contribution in [-0.4, -0.2) is 55.7 Å². The number of hydrogen-bond acceptors (Lipinski definition) is 4. The van der Waals surface area contributed by atoms with Crippen molar-refractivity contribution in [3.8, 4) is 0 Å². The Morgan fingerprint density at radius 2 is 2.23 bits per heavy atom. The van der Waals surface area contributed by atoms with Crippen LogP contribution in [0.2, 0.25) is 0 Å². The van der Waals surface area contributed by atoms with Crippen LogP contribution in [0.15, 0.2) is 0 Å². The van der Waals surface area contributed by atoms with Crippen LogP contribution in [0.4, 0.5) is 0 Å². The second kappa shape index (κ2) is 4.39. The largest absolute Gasteiger partial charge is 0.392 e. The Hall–Kier alpha value is -0.130. The van der Waals surface area contributed by atoms with E-state index in [9.17, 15) is 13.5 Å². The van der Waals surface area contributed by atoms with Gasteiger partial charge in [-0.15, -0.1) is 0 Å². The lowest BCUT2D eigenvalue weighted by Gasteiger charge is -2.13. The van der Waals surface area contributed by atoms with Gasteiger partial charge in [0.25, 0.3) is 0 Å². The number of rotatable bonds is 4. The molecule has 1 saturated heterocycles. The molecule has 0 saturated carbocycles. The number of hydrogen-bond donors (Lipinski definition) is 1. The molecule has 1 atom stereocenters. The number of aliphatic hydroxyl groups is 1. The van der Waals surface area contributed by atoms with Crippen molar-refractivity contribution in [2.75, 3.05) is 31.1 Å². The van der Waals surface area contributed by atoms with E-state index < -0.39 is 9.84 Å². The number of aliphatic hydroxyl groups excluding tert-OH is 1. The van der Waals surface area contributed by atoms with Gasteiger partial charge >= 0.3 is 0 Å². The van der Waals surface area contributed by atoms with Gasteiger partial charge in [0.05, 0.1) is 11.9 Å². The predicted molar refractivity (Wildman–Crippen MR) is 51.4 cm³/mol. The van der Waals surface area contributed by atoms with E-state index in [2.05, 4.69) is 0 Å². The lowest BCUT2D eigenvalue weighted by Crippen LogP contribution is -2.28. The van der Waals surface area contributed by atoms with Crippen LogP contribution in [-0.2, 0) is 9.84 Å². The first-order valence-corrected chi connectivity index (χ1v) is 6.46. The van der Waals surface area contributed by atoms with Gasteiger partial charge < -0.3 is 5.11 Å². The third-order valence-corrected chi connectivity index (χ3v) is 4.09. The number of sulfone groups is 1. The highest BCUT2D eigenvalue weighted by molar-refractivity contribution is 7.91. The Balaban J connectivity index is 2.27. The van der Waals surface area contributed by atoms with Gasteiger partial charge in [-0.25, -0.2) is 8.42 Å². The minimum absolute atomic E-state index is 0.212. The molecule has 1 fully saturated rings. The SMILES string of the molecule is CCS(=O)(=O)CCN1CC[C@@H](O)C1. The second-order valence-corrected chi connectivity index (χ2v) is 5.95. The van der Waals surface area contributed by atoms with Gasteiger partial charge in [0.15, 0.2) is 9.84 Å². The summed E-state index contributed by atoms with van der Waals surface area (Å²) in [6.45, 7) is 3.67. The minimum atomic E-state index is -2.85. The molecule has 0 aromatic carbocycles. The van der Waals surface area contributed by atoms with E-state index in [1.807, 2.05) is 4.90 Å². The van der Waals surface area contributed by atoms with Crippen LogP contribution in [0.1, 0.15) is 13.3 Å². The van der Waals surface area contributed by atoms with Crippen molar-refractivity contribution in [1.29, 1.82) is 0 Å². The second-order valence-electron chi connectivity index (χ2n) is 3.48. The van der Waals surface area contributed by atoms with Gasteiger partial charge in [-0.1, -0.05) is 6.92 Å². The predicted octanol–water partition coefficient (Wildman–Crippen LogP) is -0.512. The Morgan fingerprint density at radius 3 is 2.69 bits per heavy atom. The molecule has 0 aromatic heterocycles. The Kier molecular flexibility index (Phi) is 3.70. The van der Waals surface area contributed by atoms with Crippen molar-refractivity contribution in [2.24, 2.45) is 0 Å². The molecule has 1 N–H and O–H groups in total. The molecule has 1 rings (SSSR count). The molecule has 1 heterocycles. The van der Waals surface area contributed by atoms with E-state index in [0.717, 1.165) is 13.0 Å². The third-order valence-electron chi connectivity index (χ3n) is 2.41. The Bertz CT molecular complexity index is 250. The zero-order valence-corrected chi connectivity index (χ0v) is 8.76. The molecule has 0 bridgehead atoms. The highest BCUT2D eigenvalue weighted by Crippen LogP contribution is 2.08. The summed E-state index contributed by atoms with van der Waals surface area (Å²) in [5.41, 5.74) is 0. The van der Waals surface area contributed by atoms with E-state index in [0.29, 0.717) is 13.1 Å². The number of β-amino-alcohol motifs (C(OH)–C–C–N with tert-alkyl or cyclic N) is 1. The molecule has 0 aromatic rings. The van der Waals surface area contributed by atoms with E-state index in [-0.39, 0.29) is 17.6 Å². The summed E-state index contributed by atoms with van der Waals surface area (Å²) < 4.78 is 22.3. The number of likely N-dealkylation sites (tertiary alicyclic amines) is 1. The molecule has 0 unspecified atom stereocenters. The molecular formula is C8H17NO3S. The van der Waals surface area contributed by atoms with E-state index in [4.69, 9.17) is 0 Å². The topological polar surface area (TPSA) is 57.6 Å². The molecule has 78 valence electrons. The first-order valence-electron chi connectivity index (χ1n) is 4.64. The average molecular weight is 207 g/mol. The first-order chi connectivity index (χ1) is 6.03. The third kappa shape index (κ3) is 3.62. The summed E-state index contributed by atoms with van der Waals surface area (Å²) >= 11 is 0. The molecule has 13 heavy (non-hydrogen) atoms. The quantitative estimate of drug-likeness (QED) is 0.674. The molecule has 1 aliphatic heterocycles. The summed E-state index contributed by atoms with van der Waals surface area (Å²) in [6, 6.07) is 0. The van der Waals surface area contributed by atoms with Crippen LogP contribution in [0, 0.1) is 0 Å². The van der Waals surface area contributed by atoms with Gasteiger partial charge in [-0.3, -0.25) is 4.90 Å². The highest BCUT2D eigenvalue weighted by atomic mass is 32.2. The molecule has 0 amide bonds. The van der Waals surface area contributed by atoms with E-state index >= 15 is 0 Å². The van der Waals surface area contributed by atoms with Crippen LogP contribution in [0.25, 0.3) is 0 Å². The maximum atomic E-state index is 11.1. The molecule has 4 nitrogen and oxygen atoms in total. The standard InChI is InChI=1S/C8H17NO3S/c1-2-13(11,12)6-5-9-4-3-8(10)7-9/h8,10H,2-7H2,1H3/t8-/m1/s1. The van der Waals surface area contributed by atoms with E-state index in [1.54, 1.807) is 6.92 Å². The summed E-state index contributed by atoms with van der Waals surface area (Å²) in [5, 5.41) is 9.20. The van der Waals surface area contributed by atoms with Crippen LogP contribution in [0.5, 0.6) is 0 Å². The van der Waals surface area contributed by atoms with Gasteiger partial charge in [0.2, 0.25) is 0 Å². The molecule has 1 aliphatic rings. The Labute approximate surface area is 79.5 Å². The number of nitrogens with zero attached hydrogens (tertiary/aromatic N) is 1. The van der Waals surface area contributed by atoms with Gasteiger partial charge in [0.1, 0.15) is 0 Å². The fraction of sp³-hybridized carbons (Fsp3) is 1.00. The van der Waals surface area contributed by atoms with Crippen LogP contribution < -0.4 is 0 Å². The molecule has 0 spiro atoms. The molecule has 0 aliphatic carbocycles. The van der Waals surface area contributed by atoms with Crippen LogP contribution >= 0.6 is 0 Å². The smallest absolute Gasteiger partial charge is 0.151 e. The van der Waals surface area contributed by atoms with Crippen molar-refractivity contribution < 1.29 is 13.5 Å². The summed E-state index contributed by atoms with van der Waals surface area (Å²) in [5.74, 6) is 0.430. The van der Waals surface area contributed by atoms with Crippen molar-refractivity contribution in [3.05, 3.63) is 0 Å². The fourth-order valence-electron chi connectivity index (χ4n) is 1.43. The summed E-state index contributed by atoms with van der Waals surface area (Å²) in [4.78, 5) is 2.00. The lowest BCUT2D eigenvalue weighted by atomic mass is 10.3. The summed E-state index contributed by atoms with van der Waals surface area (Å²) in [6.07, 6.45) is 0.510. The maximum absolute atomic E-state index is 11.1. The van der Waals surface area contributed by atoms with Crippen molar-refractivity contribution >= 4 is 9.84 Å².